The summed E-state index contributed by atoms with van der Waals surface area (Å²) in [4.78, 5) is 62.3. The second-order valence-electron chi connectivity index (χ2n) is 9.97. The van der Waals surface area contributed by atoms with E-state index < -0.39 is 17.3 Å². The average Bonchev–Trinajstić information content (AvgIpc) is 2.96. The van der Waals surface area contributed by atoms with Gasteiger partial charge in [-0.1, -0.05) is 30.3 Å². The molecule has 218 valence electrons. The van der Waals surface area contributed by atoms with Crippen molar-refractivity contribution in [3.8, 4) is 0 Å². The predicted molar refractivity (Wildman–Crippen MR) is 150 cm³/mol. The highest BCUT2D eigenvalue weighted by atomic mass is 16.5. The molecule has 1 fully saturated rings. The van der Waals surface area contributed by atoms with E-state index in [1.165, 1.54) is 7.05 Å². The summed E-state index contributed by atoms with van der Waals surface area (Å²) >= 11 is 0. The van der Waals surface area contributed by atoms with Crippen molar-refractivity contribution in [2.24, 2.45) is 18.9 Å². The number of hydrogen-bond donors (Lipinski definition) is 3. The first-order valence-corrected chi connectivity index (χ1v) is 13.7. The highest BCUT2D eigenvalue weighted by molar-refractivity contribution is 5.94. The van der Waals surface area contributed by atoms with Crippen LogP contribution in [0.15, 0.2) is 39.9 Å². The maximum absolute atomic E-state index is 13.1. The number of unbranched alkanes of at least 4 members (excludes halogenated alkanes) is 1. The smallest absolute Gasteiger partial charge is 0.407 e. The minimum atomic E-state index is -0.669. The SMILES string of the molecule is CCOC(=O)CCCCn1c(=O)c(NC(=O)C2CCC(CNC(=O)OCc3ccccc3)CC2)c(N)n(C)c1=O. The van der Waals surface area contributed by atoms with E-state index >= 15 is 0 Å². The fourth-order valence-electron chi connectivity index (χ4n) is 4.73. The maximum atomic E-state index is 13.1. The fourth-order valence-corrected chi connectivity index (χ4v) is 4.73. The molecule has 12 heteroatoms. The molecule has 2 aromatic rings. The molecule has 0 spiro atoms. The fraction of sp³-hybridized carbons (Fsp3) is 0.536. The van der Waals surface area contributed by atoms with Crippen LogP contribution in [-0.2, 0) is 39.3 Å². The molecule has 1 aliphatic rings. The molecule has 0 saturated heterocycles. The van der Waals surface area contributed by atoms with Crippen LogP contribution in [0.1, 0.15) is 57.4 Å². The van der Waals surface area contributed by atoms with Gasteiger partial charge in [-0.3, -0.25) is 23.5 Å². The van der Waals surface area contributed by atoms with Gasteiger partial charge in [0, 0.05) is 32.5 Å². The second-order valence-corrected chi connectivity index (χ2v) is 9.97. The molecule has 3 rings (SSSR count). The van der Waals surface area contributed by atoms with Crippen LogP contribution < -0.4 is 27.6 Å². The Morgan fingerprint density at radius 3 is 2.40 bits per heavy atom. The number of ether oxygens (including phenoxy) is 2. The van der Waals surface area contributed by atoms with Gasteiger partial charge in [0.25, 0.3) is 5.56 Å². The number of nitrogens with two attached hydrogens (primary N) is 1. The second kappa shape index (κ2) is 14.9. The molecule has 0 atom stereocenters. The van der Waals surface area contributed by atoms with Gasteiger partial charge in [0.15, 0.2) is 0 Å². The quantitative estimate of drug-likeness (QED) is 0.265. The first kappa shape index (κ1) is 30.5. The largest absolute Gasteiger partial charge is 0.466 e. The Morgan fingerprint density at radius 1 is 1.02 bits per heavy atom. The number of nitrogens with zero attached hydrogens (tertiary/aromatic N) is 2. The number of benzene rings is 1. The number of esters is 1. The van der Waals surface area contributed by atoms with Crippen molar-refractivity contribution in [3.05, 3.63) is 56.7 Å². The third-order valence-corrected chi connectivity index (χ3v) is 7.13. The highest BCUT2D eigenvalue weighted by Crippen LogP contribution is 2.29. The third-order valence-electron chi connectivity index (χ3n) is 7.13. The van der Waals surface area contributed by atoms with Crippen LogP contribution in [0.5, 0.6) is 0 Å². The van der Waals surface area contributed by atoms with Crippen molar-refractivity contribution in [1.82, 2.24) is 14.5 Å². The zero-order valence-electron chi connectivity index (χ0n) is 23.1. The topological polar surface area (TPSA) is 164 Å². The standard InChI is InChI=1S/C28H39N5O7/c1-3-39-22(34)11-7-8-16-33-26(36)23(24(29)32(2)28(33)38)31-25(35)21-14-12-19(13-15-21)17-30-27(37)40-18-20-9-5-4-6-10-20/h4-6,9-10,19,21H,3,7-8,11-18,29H2,1-2H3,(H,30,37)(H,31,35). The molecular weight excluding hydrogens is 518 g/mol. The maximum Gasteiger partial charge on any atom is 0.407 e. The van der Waals surface area contributed by atoms with E-state index in [4.69, 9.17) is 15.2 Å². The Morgan fingerprint density at radius 2 is 1.73 bits per heavy atom. The first-order valence-electron chi connectivity index (χ1n) is 13.7. The zero-order chi connectivity index (χ0) is 29.1. The van der Waals surface area contributed by atoms with Gasteiger partial charge in [-0.25, -0.2) is 9.59 Å². The Hall–Kier alpha value is -4.09. The molecule has 2 amide bonds. The molecule has 1 aromatic heterocycles. The normalized spacial score (nSPS) is 16.6. The Labute approximate surface area is 232 Å². The van der Waals surface area contributed by atoms with Gasteiger partial charge in [0.05, 0.1) is 6.61 Å². The van der Waals surface area contributed by atoms with Crippen LogP contribution in [0.4, 0.5) is 16.3 Å². The lowest BCUT2D eigenvalue weighted by molar-refractivity contribution is -0.143. The number of carbonyl (C=O) groups is 3. The summed E-state index contributed by atoms with van der Waals surface area (Å²) < 4.78 is 12.3. The molecule has 1 heterocycles. The first-order chi connectivity index (χ1) is 19.2. The van der Waals surface area contributed by atoms with Crippen molar-refractivity contribution in [2.45, 2.75) is 65.0 Å². The van der Waals surface area contributed by atoms with E-state index in [2.05, 4.69) is 10.6 Å². The summed E-state index contributed by atoms with van der Waals surface area (Å²) in [5.41, 5.74) is 5.56. The van der Waals surface area contributed by atoms with E-state index in [0.717, 1.165) is 27.5 Å². The lowest BCUT2D eigenvalue weighted by Gasteiger charge is -2.28. The van der Waals surface area contributed by atoms with Crippen LogP contribution in [0.25, 0.3) is 0 Å². The van der Waals surface area contributed by atoms with Gasteiger partial charge in [-0.15, -0.1) is 0 Å². The lowest BCUT2D eigenvalue weighted by atomic mass is 9.81. The van der Waals surface area contributed by atoms with E-state index in [1.54, 1.807) is 6.92 Å². The summed E-state index contributed by atoms with van der Waals surface area (Å²) in [7, 11) is 1.44. The molecule has 1 aromatic carbocycles. The number of rotatable bonds is 12. The van der Waals surface area contributed by atoms with Crippen molar-refractivity contribution in [2.75, 3.05) is 24.2 Å². The number of nitrogen functional groups attached to an aromatic ring is 1. The summed E-state index contributed by atoms with van der Waals surface area (Å²) in [6.45, 7) is 2.75. The molecule has 4 N–H and O–H groups in total. The van der Waals surface area contributed by atoms with Gasteiger partial charge in [-0.05, 0) is 56.9 Å². The number of anilines is 2. The van der Waals surface area contributed by atoms with Crippen molar-refractivity contribution in [1.29, 1.82) is 0 Å². The number of carbonyl (C=O) groups excluding carboxylic acids is 3. The molecule has 12 nitrogen and oxygen atoms in total. The Kier molecular flexibility index (Phi) is 11.3. The van der Waals surface area contributed by atoms with Gasteiger partial charge in [-0.2, -0.15) is 0 Å². The molecule has 1 aliphatic carbocycles. The van der Waals surface area contributed by atoms with Crippen molar-refractivity contribution < 1.29 is 23.9 Å². The van der Waals surface area contributed by atoms with Crippen LogP contribution in [-0.4, -0.2) is 40.3 Å². The van der Waals surface area contributed by atoms with Crippen LogP contribution in [0.2, 0.25) is 0 Å². The number of hydrogen-bond acceptors (Lipinski definition) is 8. The molecule has 0 aliphatic heterocycles. The van der Waals surface area contributed by atoms with E-state index in [1.807, 2.05) is 30.3 Å². The average molecular weight is 558 g/mol. The minimum Gasteiger partial charge on any atom is -0.466 e. The number of amides is 2. The zero-order valence-corrected chi connectivity index (χ0v) is 23.1. The molecule has 40 heavy (non-hydrogen) atoms. The third kappa shape index (κ3) is 8.45. The summed E-state index contributed by atoms with van der Waals surface area (Å²) in [5.74, 6) is -0.886. The summed E-state index contributed by atoms with van der Waals surface area (Å²) in [6, 6.07) is 9.42. The van der Waals surface area contributed by atoms with E-state index in [0.29, 0.717) is 38.8 Å². The monoisotopic (exact) mass is 557 g/mol. The highest BCUT2D eigenvalue weighted by Gasteiger charge is 2.28. The van der Waals surface area contributed by atoms with E-state index in [9.17, 15) is 24.0 Å². The van der Waals surface area contributed by atoms with Crippen LogP contribution >= 0.6 is 0 Å². The van der Waals surface area contributed by atoms with Crippen molar-refractivity contribution in [3.63, 3.8) is 0 Å². The van der Waals surface area contributed by atoms with Crippen LogP contribution in [0.3, 0.4) is 0 Å². The van der Waals surface area contributed by atoms with Gasteiger partial charge < -0.3 is 25.8 Å². The summed E-state index contributed by atoms with van der Waals surface area (Å²) in [6.07, 6.45) is 3.19. The minimum absolute atomic E-state index is 0.0833. The van der Waals surface area contributed by atoms with Gasteiger partial charge in [0.2, 0.25) is 5.91 Å². The number of nitrogens with one attached hydrogen (secondary N) is 2. The molecule has 0 radical (unpaired) electrons. The number of aromatic nitrogens is 2. The molecule has 0 unspecified atom stereocenters. The van der Waals surface area contributed by atoms with E-state index in [-0.39, 0.29) is 54.8 Å². The molecule has 0 bridgehead atoms. The van der Waals surface area contributed by atoms with Crippen LogP contribution in [0, 0.1) is 11.8 Å². The number of alkyl carbamates (subject to hydrolysis) is 1. The van der Waals surface area contributed by atoms with Gasteiger partial charge >= 0.3 is 17.8 Å². The predicted octanol–water partition coefficient (Wildman–Crippen LogP) is 2.53. The summed E-state index contributed by atoms with van der Waals surface area (Å²) in [5, 5.41) is 5.45. The molecular formula is C28H39N5O7. The van der Waals surface area contributed by atoms with Gasteiger partial charge in [0.1, 0.15) is 18.1 Å². The lowest BCUT2D eigenvalue weighted by Crippen LogP contribution is -2.42. The Balaban J connectivity index is 1.49. The molecule has 1 saturated carbocycles. The van der Waals surface area contributed by atoms with Crippen molar-refractivity contribution >= 4 is 29.5 Å². The Bertz CT molecular complexity index is 1280.